The summed E-state index contributed by atoms with van der Waals surface area (Å²) in [6, 6.07) is 2.89. The van der Waals surface area contributed by atoms with E-state index in [9.17, 15) is 33.8 Å². The standard InChI is InChI=1S/C19H18FN7O6S2/c20-8-3-1-2-7(4-8)12(21)15(30)22-13-16(31)27-14(18(32)33)9(6-34-17(13)27)10(5-11(28)29)35-19-23-25-26-24-19/h1-4,10,12-13,17H,5-6,21H2,(H,22,30)(H,28,29)(H,32,33)(H,23,24,25,26)/t10?,12?,13?,17-/m0/s1. The summed E-state index contributed by atoms with van der Waals surface area (Å²) < 4.78 is 13.5. The molecule has 0 radical (unpaired) electrons. The third kappa shape index (κ3) is 4.98. The number of carboxylic acids is 2. The Kier molecular flexibility index (Phi) is 7.04. The Labute approximate surface area is 204 Å². The highest BCUT2D eigenvalue weighted by molar-refractivity contribution is 8.01. The fraction of sp³-hybridized carbons (Fsp3) is 0.316. The molecule has 3 unspecified atom stereocenters. The molecule has 184 valence electrons. The van der Waals surface area contributed by atoms with Crippen molar-refractivity contribution in [2.75, 3.05) is 5.75 Å². The third-order valence-corrected chi connectivity index (χ3v) is 7.75. The number of aromatic amines is 1. The Balaban J connectivity index is 1.55. The first-order valence-electron chi connectivity index (χ1n) is 10.0. The molecule has 1 aromatic carbocycles. The van der Waals surface area contributed by atoms with Crippen LogP contribution < -0.4 is 11.1 Å². The van der Waals surface area contributed by atoms with Gasteiger partial charge >= 0.3 is 11.9 Å². The van der Waals surface area contributed by atoms with Crippen LogP contribution in [0.1, 0.15) is 18.0 Å². The van der Waals surface area contributed by atoms with Gasteiger partial charge in [-0.3, -0.25) is 19.3 Å². The number of fused-ring (bicyclic) bond motifs is 1. The molecule has 4 rings (SSSR count). The number of aliphatic carboxylic acids is 2. The summed E-state index contributed by atoms with van der Waals surface area (Å²) >= 11 is 2.11. The van der Waals surface area contributed by atoms with Crippen molar-refractivity contribution in [2.24, 2.45) is 5.73 Å². The zero-order valence-electron chi connectivity index (χ0n) is 17.6. The number of carbonyl (C=O) groups is 4. The van der Waals surface area contributed by atoms with E-state index >= 15 is 0 Å². The van der Waals surface area contributed by atoms with Gasteiger partial charge in [0.1, 0.15) is 29.0 Å². The molecule has 1 saturated heterocycles. The molecule has 16 heteroatoms. The monoisotopic (exact) mass is 523 g/mol. The quantitative estimate of drug-likeness (QED) is 0.212. The first kappa shape index (κ1) is 24.6. The zero-order valence-corrected chi connectivity index (χ0v) is 19.3. The minimum Gasteiger partial charge on any atom is -0.481 e. The molecule has 0 bridgehead atoms. The average molecular weight is 524 g/mol. The van der Waals surface area contributed by atoms with Crippen LogP contribution in [0, 0.1) is 5.82 Å². The van der Waals surface area contributed by atoms with Crippen molar-refractivity contribution in [3.63, 3.8) is 0 Å². The summed E-state index contributed by atoms with van der Waals surface area (Å²) in [6.07, 6.45) is -0.437. The number of hydrogen-bond acceptors (Lipinski definition) is 10. The van der Waals surface area contributed by atoms with Crippen molar-refractivity contribution in [3.05, 3.63) is 46.9 Å². The molecule has 0 spiro atoms. The number of H-pyrrole nitrogens is 1. The van der Waals surface area contributed by atoms with Crippen LogP contribution in [0.2, 0.25) is 0 Å². The van der Waals surface area contributed by atoms with Crippen molar-refractivity contribution in [3.8, 4) is 0 Å². The van der Waals surface area contributed by atoms with Crippen molar-refractivity contribution < 1.29 is 33.8 Å². The Morgan fingerprint density at radius 2 is 2.14 bits per heavy atom. The van der Waals surface area contributed by atoms with Gasteiger partial charge in [0.05, 0.1) is 6.42 Å². The molecule has 35 heavy (non-hydrogen) atoms. The van der Waals surface area contributed by atoms with E-state index in [4.69, 9.17) is 5.73 Å². The summed E-state index contributed by atoms with van der Waals surface area (Å²) in [5.41, 5.74) is 6.00. The fourth-order valence-electron chi connectivity index (χ4n) is 3.71. The summed E-state index contributed by atoms with van der Waals surface area (Å²) in [4.78, 5) is 50.1. The van der Waals surface area contributed by atoms with Crippen molar-refractivity contribution in [1.82, 2.24) is 30.8 Å². The molecule has 3 heterocycles. The Morgan fingerprint density at radius 1 is 1.37 bits per heavy atom. The number of amides is 2. The van der Waals surface area contributed by atoms with Gasteiger partial charge in [0.15, 0.2) is 0 Å². The number of hydrogen-bond donors (Lipinski definition) is 5. The van der Waals surface area contributed by atoms with E-state index in [0.29, 0.717) is 0 Å². The molecule has 4 atom stereocenters. The van der Waals surface area contributed by atoms with Crippen molar-refractivity contribution in [2.45, 2.75) is 34.3 Å². The number of β-lactam (4-membered cyclic amide) rings is 1. The lowest BCUT2D eigenvalue weighted by Gasteiger charge is -2.50. The fourth-order valence-corrected chi connectivity index (χ4v) is 6.25. The number of halogens is 1. The molecule has 1 fully saturated rings. The Bertz CT molecular complexity index is 1210. The smallest absolute Gasteiger partial charge is 0.352 e. The zero-order chi connectivity index (χ0) is 25.3. The lowest BCUT2D eigenvalue weighted by atomic mass is 9.99. The minimum absolute atomic E-state index is 0.0882. The van der Waals surface area contributed by atoms with Crippen LogP contribution in [0.15, 0.2) is 40.7 Å². The molecular formula is C19H18FN7O6S2. The van der Waals surface area contributed by atoms with E-state index in [-0.39, 0.29) is 27.7 Å². The average Bonchev–Trinajstić information content (AvgIpc) is 3.33. The first-order chi connectivity index (χ1) is 16.7. The molecule has 2 amide bonds. The number of nitrogens with one attached hydrogen (secondary N) is 2. The van der Waals surface area contributed by atoms with Crippen LogP contribution in [-0.4, -0.2) is 81.9 Å². The maximum absolute atomic E-state index is 13.5. The van der Waals surface area contributed by atoms with Gasteiger partial charge in [0.2, 0.25) is 11.1 Å². The molecule has 0 aliphatic carbocycles. The highest BCUT2D eigenvalue weighted by atomic mass is 32.2. The number of carboxylic acid groups (broad SMARTS) is 2. The first-order valence-corrected chi connectivity index (χ1v) is 11.9. The van der Waals surface area contributed by atoms with Crippen molar-refractivity contribution in [1.29, 1.82) is 0 Å². The number of thioether (sulfide) groups is 2. The molecule has 2 aliphatic heterocycles. The van der Waals surface area contributed by atoms with E-state index in [1.54, 1.807) is 0 Å². The molecule has 0 saturated carbocycles. The SMILES string of the molecule is NC(C(=O)NC1C(=O)N2C(C(=O)O)=C(C(CC(=O)O)Sc3nnn[nH]3)CS[C@@H]12)c1cccc(F)c1. The summed E-state index contributed by atoms with van der Waals surface area (Å²) in [5.74, 6) is -4.48. The molecule has 1 aromatic heterocycles. The van der Waals surface area contributed by atoms with E-state index < -0.39 is 58.7 Å². The van der Waals surface area contributed by atoms with Crippen molar-refractivity contribution >= 4 is 47.3 Å². The topological polar surface area (TPSA) is 204 Å². The van der Waals surface area contributed by atoms with Gasteiger partial charge in [-0.05, 0) is 33.7 Å². The molecule has 2 aliphatic rings. The van der Waals surface area contributed by atoms with Gasteiger partial charge in [0, 0.05) is 11.0 Å². The van der Waals surface area contributed by atoms with Crippen LogP contribution in [0.3, 0.4) is 0 Å². The number of rotatable bonds is 9. The van der Waals surface area contributed by atoms with Gasteiger partial charge in [-0.15, -0.1) is 16.9 Å². The lowest BCUT2D eigenvalue weighted by Crippen LogP contribution is -2.71. The third-order valence-electron chi connectivity index (χ3n) is 5.32. The predicted octanol–water partition coefficient (Wildman–Crippen LogP) is -0.287. The number of aromatic nitrogens is 4. The maximum atomic E-state index is 13.5. The Hall–Kier alpha value is -3.50. The normalized spacial score (nSPS) is 21.1. The second-order valence-corrected chi connectivity index (χ2v) is 9.81. The van der Waals surface area contributed by atoms with Crippen LogP contribution in [0.25, 0.3) is 0 Å². The van der Waals surface area contributed by atoms with Gasteiger partial charge < -0.3 is 21.3 Å². The van der Waals surface area contributed by atoms with Crippen LogP contribution in [-0.2, 0) is 19.2 Å². The largest absolute Gasteiger partial charge is 0.481 e. The second kappa shape index (κ2) is 10.0. The summed E-state index contributed by atoms with van der Waals surface area (Å²) in [5, 5.41) is 33.3. The van der Waals surface area contributed by atoms with E-state index in [1.807, 2.05) is 0 Å². The van der Waals surface area contributed by atoms with Gasteiger partial charge in [-0.2, -0.15) is 0 Å². The van der Waals surface area contributed by atoms with E-state index in [2.05, 4.69) is 25.9 Å². The molecule has 6 N–H and O–H groups in total. The second-order valence-electron chi connectivity index (χ2n) is 7.52. The highest BCUT2D eigenvalue weighted by Gasteiger charge is 2.55. The number of tetrazole rings is 1. The summed E-state index contributed by atoms with van der Waals surface area (Å²) in [6.45, 7) is 0. The van der Waals surface area contributed by atoms with Crippen LogP contribution in [0.5, 0.6) is 0 Å². The van der Waals surface area contributed by atoms with Crippen LogP contribution >= 0.6 is 23.5 Å². The minimum atomic E-state index is -1.41. The van der Waals surface area contributed by atoms with E-state index in [1.165, 1.54) is 30.0 Å². The number of nitrogens with zero attached hydrogens (tertiary/aromatic N) is 4. The van der Waals surface area contributed by atoms with Crippen LogP contribution in [0.4, 0.5) is 4.39 Å². The van der Waals surface area contributed by atoms with Gasteiger partial charge in [-0.1, -0.05) is 23.9 Å². The lowest BCUT2D eigenvalue weighted by molar-refractivity contribution is -0.150. The number of carbonyl (C=O) groups excluding carboxylic acids is 2. The number of benzene rings is 1. The molecule has 13 nitrogen and oxygen atoms in total. The molecule has 2 aromatic rings. The predicted molar refractivity (Wildman–Crippen MR) is 119 cm³/mol. The summed E-state index contributed by atoms with van der Waals surface area (Å²) in [7, 11) is 0. The van der Waals surface area contributed by atoms with Gasteiger partial charge in [0.25, 0.3) is 5.91 Å². The highest BCUT2D eigenvalue weighted by Crippen LogP contribution is 2.44. The van der Waals surface area contributed by atoms with Gasteiger partial charge in [-0.25, -0.2) is 14.3 Å². The Morgan fingerprint density at radius 3 is 2.77 bits per heavy atom. The maximum Gasteiger partial charge on any atom is 0.352 e. The van der Waals surface area contributed by atoms with E-state index in [0.717, 1.165) is 22.7 Å². The molecular weight excluding hydrogens is 505 g/mol. The number of nitrogens with two attached hydrogens (primary N) is 1.